The van der Waals surface area contributed by atoms with E-state index in [0.717, 1.165) is 16.6 Å². The number of aliphatic imine (C=N–C) groups is 1. The topological polar surface area (TPSA) is 44.7 Å². The van der Waals surface area contributed by atoms with Crippen molar-refractivity contribution < 1.29 is 4.79 Å². The Kier molecular flexibility index (Phi) is 7.63. The molecule has 1 aliphatic carbocycles. The van der Waals surface area contributed by atoms with Crippen LogP contribution in [-0.4, -0.2) is 40.9 Å². The van der Waals surface area contributed by atoms with E-state index < -0.39 is 0 Å². The number of nitrogens with zero attached hydrogens (tertiary/aromatic N) is 2. The van der Waals surface area contributed by atoms with E-state index in [4.69, 9.17) is 4.99 Å². The van der Waals surface area contributed by atoms with E-state index in [1.165, 1.54) is 44.1 Å². The van der Waals surface area contributed by atoms with Gasteiger partial charge in [0.2, 0.25) is 5.91 Å². The highest BCUT2D eigenvalue weighted by atomic mass is 35.5. The van der Waals surface area contributed by atoms with Crippen molar-refractivity contribution in [2.24, 2.45) is 4.99 Å². The van der Waals surface area contributed by atoms with E-state index in [1.54, 1.807) is 11.8 Å². The molecule has 1 aromatic carbocycles. The van der Waals surface area contributed by atoms with Gasteiger partial charge in [0.1, 0.15) is 6.04 Å². The second kappa shape index (κ2) is 9.48. The molecular weight excluding hydrogens is 354 g/mol. The van der Waals surface area contributed by atoms with Crippen molar-refractivity contribution in [3.8, 4) is 0 Å². The number of hydrogen-bond acceptors (Lipinski definition) is 3. The average Bonchev–Trinajstić information content (AvgIpc) is 2.77. The molecule has 1 saturated heterocycles. The molecular formula is C19H28ClN3OS. The number of rotatable bonds is 3. The van der Waals surface area contributed by atoms with Crippen LogP contribution >= 0.6 is 24.2 Å². The number of carbonyl (C=O) groups is 1. The molecule has 1 aromatic rings. The molecule has 2 fully saturated rings. The van der Waals surface area contributed by atoms with Gasteiger partial charge in [0, 0.05) is 18.5 Å². The van der Waals surface area contributed by atoms with Gasteiger partial charge in [-0.3, -0.25) is 9.79 Å². The van der Waals surface area contributed by atoms with Crippen molar-refractivity contribution in [1.82, 2.24) is 4.90 Å². The van der Waals surface area contributed by atoms with Gasteiger partial charge in [0.15, 0.2) is 5.17 Å². The summed E-state index contributed by atoms with van der Waals surface area (Å²) in [5.41, 5.74) is 2.05. The second-order valence-electron chi connectivity index (χ2n) is 6.85. The van der Waals surface area contributed by atoms with Crippen LogP contribution in [-0.2, 0) is 4.79 Å². The van der Waals surface area contributed by atoms with E-state index in [0.29, 0.717) is 6.04 Å². The number of anilines is 1. The Balaban J connectivity index is 0.00000225. The Morgan fingerprint density at radius 3 is 2.44 bits per heavy atom. The fourth-order valence-corrected chi connectivity index (χ4v) is 4.52. The van der Waals surface area contributed by atoms with Gasteiger partial charge in [-0.1, -0.05) is 55.1 Å². The highest BCUT2D eigenvalue weighted by Crippen LogP contribution is 2.27. The zero-order valence-corrected chi connectivity index (χ0v) is 16.7. The third kappa shape index (κ3) is 5.38. The van der Waals surface area contributed by atoms with Crippen LogP contribution in [0.2, 0.25) is 0 Å². The predicted octanol–water partition coefficient (Wildman–Crippen LogP) is 4.48. The summed E-state index contributed by atoms with van der Waals surface area (Å²) in [5.74, 6) is 0.833. The normalized spacial score (nSPS) is 23.2. The van der Waals surface area contributed by atoms with Gasteiger partial charge < -0.3 is 10.2 Å². The Morgan fingerprint density at radius 1 is 1.16 bits per heavy atom. The van der Waals surface area contributed by atoms with E-state index in [1.807, 2.05) is 38.2 Å². The molecule has 1 heterocycles. The number of nitrogens with one attached hydrogen (secondary N) is 1. The zero-order chi connectivity index (χ0) is 16.9. The summed E-state index contributed by atoms with van der Waals surface area (Å²) in [6, 6.07) is 8.24. The molecule has 1 saturated carbocycles. The summed E-state index contributed by atoms with van der Waals surface area (Å²) in [6.07, 6.45) is 7.63. The number of amidine groups is 1. The standard InChI is InChI=1S/C19H27N3OS.ClH/c1-14-9-11-16(12-10-14)20-18(23)17-13-24-19(22(17)2)21-15-7-5-3-4-6-8-15;/h9-12,15,17H,3-8,13H2,1-2H3,(H,20,23);1H. The first kappa shape index (κ1) is 20.1. The van der Waals surface area contributed by atoms with Crippen molar-refractivity contribution in [3.63, 3.8) is 0 Å². The SMILES string of the molecule is Cc1ccc(NC(=O)C2CSC(=NC3CCCCCC3)N2C)cc1.Cl. The van der Waals surface area contributed by atoms with Crippen molar-refractivity contribution in [2.75, 3.05) is 18.1 Å². The van der Waals surface area contributed by atoms with Crippen molar-refractivity contribution in [3.05, 3.63) is 29.8 Å². The molecule has 3 rings (SSSR count). The predicted molar refractivity (Wildman–Crippen MR) is 110 cm³/mol. The highest BCUT2D eigenvalue weighted by Gasteiger charge is 2.33. The number of carbonyl (C=O) groups excluding carboxylic acids is 1. The molecule has 25 heavy (non-hydrogen) atoms. The zero-order valence-electron chi connectivity index (χ0n) is 15.0. The second-order valence-corrected chi connectivity index (χ2v) is 7.84. The summed E-state index contributed by atoms with van der Waals surface area (Å²) >= 11 is 1.72. The lowest BCUT2D eigenvalue weighted by Crippen LogP contribution is -2.40. The molecule has 0 spiro atoms. The summed E-state index contributed by atoms with van der Waals surface area (Å²) in [5, 5.41) is 4.06. The van der Waals surface area contributed by atoms with Crippen LogP contribution in [0, 0.1) is 6.92 Å². The van der Waals surface area contributed by atoms with Crippen LogP contribution in [0.5, 0.6) is 0 Å². The first-order valence-corrected chi connectivity index (χ1v) is 9.93. The molecule has 6 heteroatoms. The lowest BCUT2D eigenvalue weighted by Gasteiger charge is -2.21. The first-order chi connectivity index (χ1) is 11.6. The molecule has 138 valence electrons. The van der Waals surface area contributed by atoms with Gasteiger partial charge >= 0.3 is 0 Å². The van der Waals surface area contributed by atoms with Gasteiger partial charge in [-0.2, -0.15) is 0 Å². The Hall–Kier alpha value is -1.20. The van der Waals surface area contributed by atoms with Crippen molar-refractivity contribution in [1.29, 1.82) is 0 Å². The highest BCUT2D eigenvalue weighted by molar-refractivity contribution is 8.14. The maximum atomic E-state index is 12.6. The van der Waals surface area contributed by atoms with Crippen LogP contribution in [0.3, 0.4) is 0 Å². The van der Waals surface area contributed by atoms with Gasteiger partial charge in [-0.05, 0) is 31.9 Å². The number of thioether (sulfide) groups is 1. The quantitative estimate of drug-likeness (QED) is 0.785. The van der Waals surface area contributed by atoms with Crippen LogP contribution in [0.15, 0.2) is 29.3 Å². The minimum atomic E-state index is -0.138. The van der Waals surface area contributed by atoms with Gasteiger partial charge in [-0.25, -0.2) is 0 Å². The van der Waals surface area contributed by atoms with Crippen LogP contribution in [0.1, 0.15) is 44.1 Å². The van der Waals surface area contributed by atoms with Crippen LogP contribution in [0.4, 0.5) is 5.69 Å². The Morgan fingerprint density at radius 2 is 1.80 bits per heavy atom. The van der Waals surface area contributed by atoms with Crippen molar-refractivity contribution >= 4 is 40.9 Å². The number of likely N-dealkylation sites (N-methyl/N-ethyl adjacent to an activating group) is 1. The Bertz CT molecular complexity index is 597. The lowest BCUT2D eigenvalue weighted by molar-refractivity contribution is -0.118. The van der Waals surface area contributed by atoms with E-state index >= 15 is 0 Å². The van der Waals surface area contributed by atoms with Gasteiger partial charge in [0.05, 0.1) is 6.04 Å². The van der Waals surface area contributed by atoms with Crippen LogP contribution < -0.4 is 5.32 Å². The van der Waals surface area contributed by atoms with Gasteiger partial charge in [0.25, 0.3) is 0 Å². The largest absolute Gasteiger partial charge is 0.342 e. The molecule has 2 aliphatic rings. The smallest absolute Gasteiger partial charge is 0.248 e. The van der Waals surface area contributed by atoms with E-state index in [2.05, 4.69) is 10.2 Å². The van der Waals surface area contributed by atoms with E-state index in [9.17, 15) is 4.79 Å². The maximum Gasteiger partial charge on any atom is 0.248 e. The summed E-state index contributed by atoms with van der Waals surface area (Å²) in [4.78, 5) is 19.6. The summed E-state index contributed by atoms with van der Waals surface area (Å²) in [7, 11) is 1.99. The Labute approximate surface area is 161 Å². The third-order valence-electron chi connectivity index (χ3n) is 4.88. The minimum absolute atomic E-state index is 0. The number of amides is 1. The molecule has 1 unspecified atom stereocenters. The minimum Gasteiger partial charge on any atom is -0.342 e. The molecule has 0 bridgehead atoms. The average molecular weight is 382 g/mol. The monoisotopic (exact) mass is 381 g/mol. The number of halogens is 1. The third-order valence-corrected chi connectivity index (χ3v) is 6.01. The molecule has 4 nitrogen and oxygen atoms in total. The molecule has 0 radical (unpaired) electrons. The lowest BCUT2D eigenvalue weighted by atomic mass is 10.1. The van der Waals surface area contributed by atoms with Crippen LogP contribution in [0.25, 0.3) is 0 Å². The van der Waals surface area contributed by atoms with Gasteiger partial charge in [-0.15, -0.1) is 12.4 Å². The fraction of sp³-hybridized carbons (Fsp3) is 0.579. The fourth-order valence-electron chi connectivity index (χ4n) is 3.29. The number of aryl methyl sites for hydroxylation is 1. The number of benzene rings is 1. The molecule has 1 atom stereocenters. The van der Waals surface area contributed by atoms with E-state index in [-0.39, 0.29) is 24.4 Å². The molecule has 0 aromatic heterocycles. The summed E-state index contributed by atoms with van der Waals surface area (Å²) < 4.78 is 0. The molecule has 1 N–H and O–H groups in total. The summed E-state index contributed by atoms with van der Waals surface area (Å²) in [6.45, 7) is 2.04. The number of hydrogen-bond donors (Lipinski definition) is 1. The van der Waals surface area contributed by atoms with Crippen molar-refractivity contribution in [2.45, 2.75) is 57.5 Å². The first-order valence-electron chi connectivity index (χ1n) is 8.94. The maximum absolute atomic E-state index is 12.6. The molecule has 1 amide bonds. The molecule has 1 aliphatic heterocycles.